The van der Waals surface area contributed by atoms with Crippen molar-refractivity contribution in [2.45, 2.75) is 13.3 Å². The molecular weight excluding hydrogens is 347 g/mol. The van der Waals surface area contributed by atoms with E-state index in [1.54, 1.807) is 18.3 Å². The Kier molecular flexibility index (Phi) is 6.46. The van der Waals surface area contributed by atoms with Crippen LogP contribution in [-0.2, 0) is 0 Å². The van der Waals surface area contributed by atoms with Crippen molar-refractivity contribution in [2.24, 2.45) is 0 Å². The second-order valence-corrected chi connectivity index (χ2v) is 6.52. The van der Waals surface area contributed by atoms with Gasteiger partial charge in [-0.05, 0) is 49.2 Å². The highest BCUT2D eigenvalue weighted by molar-refractivity contribution is 5.74. The second-order valence-electron chi connectivity index (χ2n) is 6.52. The first-order chi connectivity index (χ1) is 13.1. The molecule has 0 saturated carbocycles. The van der Waals surface area contributed by atoms with E-state index in [2.05, 4.69) is 22.1 Å². The number of ether oxygens (including phenoxy) is 1. The van der Waals surface area contributed by atoms with Gasteiger partial charge in [0.2, 0.25) is 0 Å². The van der Waals surface area contributed by atoms with Crippen molar-refractivity contribution < 1.29 is 13.9 Å². The summed E-state index contributed by atoms with van der Waals surface area (Å²) in [5.74, 6) is 0.289. The number of urea groups is 1. The number of anilines is 1. The average molecular weight is 372 g/mol. The minimum absolute atomic E-state index is 0.0778. The summed E-state index contributed by atoms with van der Waals surface area (Å²) in [6, 6.07) is 7.79. The molecule has 0 unspecified atom stereocenters. The standard InChI is InChI=1S/C20H25FN4O2/c1-16-15-22-8-7-19(16)24-10-2-11-25(13-12-24)20(26)23-9-14-27-18-5-3-17(21)4-6-18/h3-8,15H,2,9-14H2,1H3,(H,23,26). The molecule has 1 fully saturated rings. The average Bonchev–Trinajstić information content (AvgIpc) is 2.93. The van der Waals surface area contributed by atoms with Crippen LogP contribution in [0, 0.1) is 12.7 Å². The topological polar surface area (TPSA) is 57.7 Å². The summed E-state index contributed by atoms with van der Waals surface area (Å²) in [6.07, 6.45) is 4.59. The van der Waals surface area contributed by atoms with Crippen LogP contribution in [0.4, 0.5) is 14.9 Å². The van der Waals surface area contributed by atoms with Crippen LogP contribution >= 0.6 is 0 Å². The van der Waals surface area contributed by atoms with Crippen molar-refractivity contribution >= 4 is 11.7 Å². The number of nitrogens with one attached hydrogen (secondary N) is 1. The lowest BCUT2D eigenvalue weighted by Gasteiger charge is -2.25. The molecule has 1 saturated heterocycles. The van der Waals surface area contributed by atoms with Crippen molar-refractivity contribution in [1.82, 2.24) is 15.2 Å². The zero-order chi connectivity index (χ0) is 19.1. The number of halogens is 1. The van der Waals surface area contributed by atoms with Crippen LogP contribution in [0.1, 0.15) is 12.0 Å². The molecule has 2 aromatic rings. The third-order valence-corrected chi connectivity index (χ3v) is 4.58. The molecule has 6 nitrogen and oxygen atoms in total. The molecule has 1 aromatic carbocycles. The van der Waals surface area contributed by atoms with E-state index < -0.39 is 0 Å². The molecule has 1 aliphatic rings. The Morgan fingerprint density at radius 3 is 2.78 bits per heavy atom. The molecule has 2 amide bonds. The molecule has 0 spiro atoms. The highest BCUT2D eigenvalue weighted by Gasteiger charge is 2.19. The maximum absolute atomic E-state index is 12.9. The molecule has 1 aliphatic heterocycles. The number of hydrogen-bond acceptors (Lipinski definition) is 4. The van der Waals surface area contributed by atoms with Gasteiger partial charge in [-0.2, -0.15) is 0 Å². The van der Waals surface area contributed by atoms with Gasteiger partial charge in [0.1, 0.15) is 18.2 Å². The molecule has 1 N–H and O–H groups in total. The van der Waals surface area contributed by atoms with Gasteiger partial charge in [0.25, 0.3) is 0 Å². The molecule has 27 heavy (non-hydrogen) atoms. The van der Waals surface area contributed by atoms with Gasteiger partial charge in [0.05, 0.1) is 6.54 Å². The van der Waals surface area contributed by atoms with Gasteiger partial charge >= 0.3 is 6.03 Å². The Labute approximate surface area is 158 Å². The van der Waals surface area contributed by atoms with E-state index in [1.165, 1.54) is 17.8 Å². The van der Waals surface area contributed by atoms with Crippen molar-refractivity contribution in [3.8, 4) is 5.75 Å². The third kappa shape index (κ3) is 5.32. The number of carbonyl (C=O) groups is 1. The number of pyridine rings is 1. The molecule has 144 valence electrons. The highest BCUT2D eigenvalue weighted by atomic mass is 19.1. The molecule has 7 heteroatoms. The van der Waals surface area contributed by atoms with Crippen LogP contribution in [-0.4, -0.2) is 55.2 Å². The molecule has 3 rings (SSSR count). The van der Waals surface area contributed by atoms with Crippen LogP contribution in [0.25, 0.3) is 0 Å². The maximum atomic E-state index is 12.9. The summed E-state index contributed by atoms with van der Waals surface area (Å²) in [6.45, 7) is 5.91. The highest BCUT2D eigenvalue weighted by Crippen LogP contribution is 2.20. The molecule has 0 radical (unpaired) electrons. The summed E-state index contributed by atoms with van der Waals surface area (Å²) >= 11 is 0. The number of aromatic nitrogens is 1. The number of carbonyl (C=O) groups excluding carboxylic acids is 1. The van der Waals surface area contributed by atoms with Crippen molar-refractivity contribution in [3.63, 3.8) is 0 Å². The van der Waals surface area contributed by atoms with Gasteiger partial charge in [-0.25, -0.2) is 9.18 Å². The molecular formula is C20H25FN4O2. The third-order valence-electron chi connectivity index (χ3n) is 4.58. The summed E-state index contributed by atoms with van der Waals surface area (Å²) in [5.41, 5.74) is 2.33. The first kappa shape index (κ1) is 18.9. The lowest BCUT2D eigenvalue weighted by molar-refractivity contribution is 0.198. The first-order valence-electron chi connectivity index (χ1n) is 9.20. The van der Waals surface area contributed by atoms with Crippen LogP contribution in [0.5, 0.6) is 5.75 Å². The maximum Gasteiger partial charge on any atom is 0.317 e. The van der Waals surface area contributed by atoms with Gasteiger partial charge in [-0.15, -0.1) is 0 Å². The van der Waals surface area contributed by atoms with E-state index >= 15 is 0 Å². The SMILES string of the molecule is Cc1cnccc1N1CCCN(C(=O)NCCOc2ccc(F)cc2)CC1. The number of aryl methyl sites for hydroxylation is 1. The zero-order valence-electron chi connectivity index (χ0n) is 15.5. The minimum Gasteiger partial charge on any atom is -0.492 e. The van der Waals surface area contributed by atoms with Crippen LogP contribution in [0.2, 0.25) is 0 Å². The number of benzene rings is 1. The van der Waals surface area contributed by atoms with Crippen LogP contribution in [0.15, 0.2) is 42.7 Å². The van der Waals surface area contributed by atoms with Crippen molar-refractivity contribution in [1.29, 1.82) is 0 Å². The zero-order valence-corrected chi connectivity index (χ0v) is 15.5. The second kappa shape index (κ2) is 9.21. The molecule has 2 heterocycles. The van der Waals surface area contributed by atoms with Crippen molar-refractivity contribution in [3.05, 3.63) is 54.1 Å². The predicted molar refractivity (Wildman–Crippen MR) is 103 cm³/mol. The Bertz CT molecular complexity index is 754. The normalized spacial score (nSPS) is 14.6. The van der Waals surface area contributed by atoms with E-state index in [0.29, 0.717) is 25.4 Å². The number of nitrogens with zero attached hydrogens (tertiary/aromatic N) is 3. The number of amides is 2. The Morgan fingerprint density at radius 1 is 1.19 bits per heavy atom. The first-order valence-corrected chi connectivity index (χ1v) is 9.20. The Hall–Kier alpha value is -2.83. The van der Waals surface area contributed by atoms with Gasteiger partial charge in [0, 0.05) is 44.3 Å². The molecule has 0 bridgehead atoms. The van der Waals surface area contributed by atoms with E-state index in [9.17, 15) is 9.18 Å². The molecule has 1 aromatic heterocycles. The Balaban J connectivity index is 1.42. The van der Waals surface area contributed by atoms with E-state index in [0.717, 1.165) is 31.6 Å². The molecule has 0 aliphatic carbocycles. The Morgan fingerprint density at radius 2 is 2.00 bits per heavy atom. The fourth-order valence-electron chi connectivity index (χ4n) is 3.15. The fourth-order valence-corrected chi connectivity index (χ4v) is 3.15. The van der Waals surface area contributed by atoms with Gasteiger partial charge < -0.3 is 19.9 Å². The minimum atomic E-state index is -0.298. The number of hydrogen-bond donors (Lipinski definition) is 1. The summed E-state index contributed by atoms with van der Waals surface area (Å²) in [5, 5.41) is 2.89. The summed E-state index contributed by atoms with van der Waals surface area (Å²) in [7, 11) is 0. The quantitative estimate of drug-likeness (QED) is 0.820. The van der Waals surface area contributed by atoms with E-state index in [-0.39, 0.29) is 11.8 Å². The summed E-state index contributed by atoms with van der Waals surface area (Å²) in [4.78, 5) is 20.7. The van der Waals surface area contributed by atoms with Crippen LogP contribution < -0.4 is 15.0 Å². The van der Waals surface area contributed by atoms with E-state index in [1.807, 2.05) is 17.2 Å². The lowest BCUT2D eigenvalue weighted by Crippen LogP contribution is -2.43. The number of rotatable bonds is 5. The fraction of sp³-hybridized carbons (Fsp3) is 0.400. The van der Waals surface area contributed by atoms with Gasteiger partial charge in [0.15, 0.2) is 0 Å². The van der Waals surface area contributed by atoms with Gasteiger partial charge in [-0.1, -0.05) is 0 Å². The monoisotopic (exact) mass is 372 g/mol. The summed E-state index contributed by atoms with van der Waals surface area (Å²) < 4.78 is 18.4. The van der Waals surface area contributed by atoms with Crippen LogP contribution in [0.3, 0.4) is 0 Å². The smallest absolute Gasteiger partial charge is 0.317 e. The van der Waals surface area contributed by atoms with Gasteiger partial charge in [-0.3, -0.25) is 4.98 Å². The molecule has 0 atom stereocenters. The van der Waals surface area contributed by atoms with E-state index in [4.69, 9.17) is 4.74 Å². The lowest BCUT2D eigenvalue weighted by atomic mass is 10.2. The predicted octanol–water partition coefficient (Wildman–Crippen LogP) is 2.83. The van der Waals surface area contributed by atoms with Crippen molar-refractivity contribution in [2.75, 3.05) is 44.2 Å². The largest absolute Gasteiger partial charge is 0.492 e.